The summed E-state index contributed by atoms with van der Waals surface area (Å²) in [5, 5.41) is 11.7. The molecule has 0 spiro atoms. The summed E-state index contributed by atoms with van der Waals surface area (Å²) >= 11 is 6.21. The number of carbonyl (C=O) groups is 2. The number of hydrogen-bond acceptors (Lipinski definition) is 6. The minimum Gasteiger partial charge on any atom is -0.507 e. The van der Waals surface area contributed by atoms with Crippen molar-refractivity contribution in [2.24, 2.45) is 0 Å². The third kappa shape index (κ3) is 3.88. The first kappa shape index (κ1) is 23.3. The number of anilines is 1. The molecule has 1 atom stereocenters. The molecule has 2 aromatic carbocycles. The Morgan fingerprint density at radius 1 is 1.03 bits per heavy atom. The number of ketones is 1. The highest BCUT2D eigenvalue weighted by Gasteiger charge is 2.48. The Hall–Kier alpha value is -3.84. The predicted molar refractivity (Wildman–Crippen MR) is 129 cm³/mol. The van der Waals surface area contributed by atoms with E-state index in [2.05, 4.69) is 4.98 Å². The number of carbonyl (C=O) groups excluding carboxylic acids is 2. The van der Waals surface area contributed by atoms with Crippen LogP contribution in [-0.4, -0.2) is 36.0 Å². The molecule has 0 saturated carbocycles. The van der Waals surface area contributed by atoms with Gasteiger partial charge in [0.2, 0.25) is 0 Å². The second-order valence-electron chi connectivity index (χ2n) is 7.90. The van der Waals surface area contributed by atoms with E-state index in [-0.39, 0.29) is 27.7 Å². The van der Waals surface area contributed by atoms with E-state index in [0.29, 0.717) is 11.4 Å². The van der Waals surface area contributed by atoms with Gasteiger partial charge in [-0.2, -0.15) is 0 Å². The smallest absolute Gasteiger partial charge is 0.300 e. The van der Waals surface area contributed by atoms with Gasteiger partial charge in [-0.15, -0.1) is 0 Å². The summed E-state index contributed by atoms with van der Waals surface area (Å²) in [5.41, 5.74) is 2.89. The topological polar surface area (TPSA) is 89.0 Å². The highest BCUT2D eigenvalue weighted by atomic mass is 35.5. The number of ether oxygens (including phenoxy) is 2. The average Bonchev–Trinajstić information content (AvgIpc) is 3.09. The number of Topliss-reactive ketones (excluding diaryl/α,β-unsaturated/α-hetero) is 1. The standard InChI is InChI=1S/C26H23ClN2O5/c1-14-8-9-19(15(2)11-14)29-23(18-7-5-6-10-28-18)22(25(31)26(29)32)24(30)16-12-21(34-4)17(27)13-20(16)33-3/h5-13,23,30H,1-4H3/b24-22+. The van der Waals surface area contributed by atoms with Crippen molar-refractivity contribution in [2.75, 3.05) is 19.1 Å². The van der Waals surface area contributed by atoms with Crippen LogP contribution in [0.4, 0.5) is 5.69 Å². The molecule has 34 heavy (non-hydrogen) atoms. The molecule has 1 N–H and O–H groups in total. The van der Waals surface area contributed by atoms with Gasteiger partial charge in [-0.25, -0.2) is 0 Å². The van der Waals surface area contributed by atoms with Crippen molar-refractivity contribution in [2.45, 2.75) is 19.9 Å². The number of aryl methyl sites for hydroxylation is 2. The zero-order chi connectivity index (χ0) is 24.6. The average molecular weight is 479 g/mol. The van der Waals surface area contributed by atoms with Crippen LogP contribution in [-0.2, 0) is 9.59 Å². The van der Waals surface area contributed by atoms with Crippen LogP contribution in [0.2, 0.25) is 5.02 Å². The van der Waals surface area contributed by atoms with Crippen molar-refractivity contribution >= 4 is 34.7 Å². The van der Waals surface area contributed by atoms with Crippen molar-refractivity contribution < 1.29 is 24.2 Å². The van der Waals surface area contributed by atoms with E-state index in [0.717, 1.165) is 11.1 Å². The molecule has 0 radical (unpaired) electrons. The van der Waals surface area contributed by atoms with Crippen molar-refractivity contribution in [1.29, 1.82) is 0 Å². The highest BCUT2D eigenvalue weighted by Crippen LogP contribution is 2.44. The summed E-state index contributed by atoms with van der Waals surface area (Å²) in [6.07, 6.45) is 1.57. The lowest BCUT2D eigenvalue weighted by Gasteiger charge is -2.26. The molecule has 1 aromatic heterocycles. The number of methoxy groups -OCH3 is 2. The minimum atomic E-state index is -0.950. The Balaban J connectivity index is 2.01. The van der Waals surface area contributed by atoms with E-state index in [1.165, 1.54) is 31.3 Å². The van der Waals surface area contributed by atoms with Gasteiger partial charge in [0, 0.05) is 18.0 Å². The summed E-state index contributed by atoms with van der Waals surface area (Å²) in [4.78, 5) is 32.5. The Kier molecular flexibility index (Phi) is 6.30. The summed E-state index contributed by atoms with van der Waals surface area (Å²) in [7, 11) is 2.85. The van der Waals surface area contributed by atoms with Gasteiger partial charge < -0.3 is 14.6 Å². The molecule has 3 aromatic rings. The van der Waals surface area contributed by atoms with Crippen molar-refractivity contribution in [3.05, 3.63) is 87.7 Å². The molecular formula is C26H23ClN2O5. The number of pyridine rings is 1. The van der Waals surface area contributed by atoms with Crippen molar-refractivity contribution in [1.82, 2.24) is 4.98 Å². The molecular weight excluding hydrogens is 456 g/mol. The second kappa shape index (κ2) is 9.19. The summed E-state index contributed by atoms with van der Waals surface area (Å²) in [6.45, 7) is 3.81. The van der Waals surface area contributed by atoms with Gasteiger partial charge in [-0.3, -0.25) is 19.5 Å². The summed E-state index contributed by atoms with van der Waals surface area (Å²) in [6, 6.07) is 12.8. The molecule has 1 aliphatic heterocycles. The van der Waals surface area contributed by atoms with Crippen LogP contribution in [0.1, 0.15) is 28.4 Å². The molecule has 1 fully saturated rings. The van der Waals surface area contributed by atoms with Gasteiger partial charge in [-0.1, -0.05) is 35.4 Å². The van der Waals surface area contributed by atoms with Gasteiger partial charge in [-0.05, 0) is 43.7 Å². The number of benzene rings is 2. The molecule has 1 amide bonds. The molecule has 0 bridgehead atoms. The normalized spacial score (nSPS) is 17.2. The molecule has 1 aliphatic rings. The number of nitrogens with zero attached hydrogens (tertiary/aromatic N) is 2. The zero-order valence-corrected chi connectivity index (χ0v) is 19.9. The zero-order valence-electron chi connectivity index (χ0n) is 19.1. The molecule has 1 unspecified atom stereocenters. The van der Waals surface area contributed by atoms with E-state index in [4.69, 9.17) is 21.1 Å². The quantitative estimate of drug-likeness (QED) is 0.315. The first-order chi connectivity index (χ1) is 16.3. The molecule has 7 nitrogen and oxygen atoms in total. The Labute approximate surface area is 202 Å². The highest BCUT2D eigenvalue weighted by molar-refractivity contribution is 6.51. The molecule has 2 heterocycles. The third-order valence-electron chi connectivity index (χ3n) is 5.75. The molecule has 1 saturated heterocycles. The fraction of sp³-hybridized carbons (Fsp3) is 0.192. The summed E-state index contributed by atoms with van der Waals surface area (Å²) in [5.74, 6) is -1.50. The largest absolute Gasteiger partial charge is 0.507 e. The van der Waals surface area contributed by atoms with Gasteiger partial charge in [0.25, 0.3) is 11.7 Å². The molecule has 4 rings (SSSR count). The number of halogens is 1. The van der Waals surface area contributed by atoms with E-state index in [9.17, 15) is 14.7 Å². The van der Waals surface area contributed by atoms with Gasteiger partial charge in [0.05, 0.1) is 36.1 Å². The molecule has 8 heteroatoms. The number of amides is 1. The third-order valence-corrected chi connectivity index (χ3v) is 6.05. The Morgan fingerprint density at radius 3 is 2.38 bits per heavy atom. The van der Waals surface area contributed by atoms with Crippen LogP contribution >= 0.6 is 11.6 Å². The Bertz CT molecular complexity index is 1320. The van der Waals surface area contributed by atoms with E-state index in [1.54, 1.807) is 30.5 Å². The number of aliphatic hydroxyl groups is 1. The molecule has 0 aliphatic carbocycles. The maximum atomic E-state index is 13.4. The maximum absolute atomic E-state index is 13.4. The SMILES string of the molecule is COc1cc(/C(O)=C2\C(=O)C(=O)N(c3ccc(C)cc3C)C2c2ccccn2)c(OC)cc1Cl. The Morgan fingerprint density at radius 2 is 1.76 bits per heavy atom. The molecule has 174 valence electrons. The number of aliphatic hydroxyl groups excluding tert-OH is 1. The summed E-state index contributed by atoms with van der Waals surface area (Å²) < 4.78 is 10.7. The van der Waals surface area contributed by atoms with Gasteiger partial charge >= 0.3 is 0 Å². The van der Waals surface area contributed by atoms with Crippen LogP contribution in [0.3, 0.4) is 0 Å². The van der Waals surface area contributed by atoms with Crippen molar-refractivity contribution in [3.63, 3.8) is 0 Å². The predicted octanol–water partition coefficient (Wildman–Crippen LogP) is 5.00. The second-order valence-corrected chi connectivity index (χ2v) is 8.31. The maximum Gasteiger partial charge on any atom is 0.300 e. The van der Waals surface area contributed by atoms with Crippen LogP contribution in [0.25, 0.3) is 5.76 Å². The number of aromatic nitrogens is 1. The van der Waals surface area contributed by atoms with Crippen LogP contribution in [0, 0.1) is 13.8 Å². The van der Waals surface area contributed by atoms with Gasteiger partial charge in [0.15, 0.2) is 0 Å². The van der Waals surface area contributed by atoms with E-state index < -0.39 is 23.5 Å². The van der Waals surface area contributed by atoms with Crippen LogP contribution in [0.5, 0.6) is 11.5 Å². The van der Waals surface area contributed by atoms with Gasteiger partial charge in [0.1, 0.15) is 23.3 Å². The number of hydrogen-bond donors (Lipinski definition) is 1. The van der Waals surface area contributed by atoms with E-state index in [1.807, 2.05) is 26.0 Å². The lowest BCUT2D eigenvalue weighted by atomic mass is 9.97. The first-order valence-electron chi connectivity index (χ1n) is 10.5. The van der Waals surface area contributed by atoms with Crippen LogP contribution < -0.4 is 14.4 Å². The fourth-order valence-electron chi connectivity index (χ4n) is 4.16. The lowest BCUT2D eigenvalue weighted by molar-refractivity contribution is -0.132. The van der Waals surface area contributed by atoms with Crippen LogP contribution in [0.15, 0.2) is 60.3 Å². The monoisotopic (exact) mass is 478 g/mol. The first-order valence-corrected chi connectivity index (χ1v) is 10.9. The number of rotatable bonds is 5. The van der Waals surface area contributed by atoms with Crippen molar-refractivity contribution in [3.8, 4) is 11.5 Å². The fourth-order valence-corrected chi connectivity index (χ4v) is 4.40. The van der Waals surface area contributed by atoms with E-state index >= 15 is 0 Å². The minimum absolute atomic E-state index is 0.105. The lowest BCUT2D eigenvalue weighted by Crippen LogP contribution is -2.30.